The third kappa shape index (κ3) is 33.3. The van der Waals surface area contributed by atoms with Gasteiger partial charge in [-0.25, -0.2) is 0 Å². The minimum absolute atomic E-state index is 0.152. The molecule has 0 amide bonds. The summed E-state index contributed by atoms with van der Waals surface area (Å²) in [5.74, 6) is 0.260. The molecule has 0 aliphatic carbocycles. The first kappa shape index (κ1) is 36.3. The highest BCUT2D eigenvalue weighted by atomic mass is 32.2. The molecular weight excluding hydrogens is 480 g/mol. The number of carbonyl (C=O) groups excluding carboxylic acids is 1. The van der Waals surface area contributed by atoms with Crippen LogP contribution in [-0.2, 0) is 14.3 Å². The lowest BCUT2D eigenvalue weighted by molar-refractivity contribution is -0.143. The highest BCUT2D eigenvalue weighted by Gasteiger charge is 2.04. The Morgan fingerprint density at radius 2 is 0.838 bits per heavy atom. The van der Waals surface area contributed by atoms with Crippen molar-refractivity contribution in [1.29, 1.82) is 0 Å². The minimum atomic E-state index is -0.787. The number of hydrogen-bond acceptors (Lipinski definition) is 4. The normalized spacial score (nSPS) is 11.2. The van der Waals surface area contributed by atoms with E-state index >= 15 is 0 Å². The van der Waals surface area contributed by atoms with Crippen LogP contribution in [0.25, 0.3) is 0 Å². The molecule has 0 aromatic rings. The summed E-state index contributed by atoms with van der Waals surface area (Å²) in [5.41, 5.74) is 0. The number of esters is 1. The molecule has 0 unspecified atom stereocenters. The van der Waals surface area contributed by atoms with Gasteiger partial charge in [0, 0.05) is 11.5 Å². The lowest BCUT2D eigenvalue weighted by Crippen LogP contribution is -2.07. The number of carbonyl (C=O) groups is 2. The molecule has 0 aromatic carbocycles. The first-order valence-electron chi connectivity index (χ1n) is 16.1. The van der Waals surface area contributed by atoms with Crippen LogP contribution in [0.2, 0.25) is 0 Å². The Balaban J connectivity index is 3.10. The van der Waals surface area contributed by atoms with Crippen LogP contribution in [0.3, 0.4) is 0 Å². The van der Waals surface area contributed by atoms with Crippen LogP contribution in [0.1, 0.15) is 174 Å². The fourth-order valence-electron chi connectivity index (χ4n) is 4.74. The van der Waals surface area contributed by atoms with Crippen LogP contribution >= 0.6 is 11.8 Å². The van der Waals surface area contributed by atoms with Crippen LogP contribution in [-0.4, -0.2) is 35.2 Å². The lowest BCUT2D eigenvalue weighted by Gasteiger charge is -2.05. The topological polar surface area (TPSA) is 63.6 Å². The summed E-state index contributed by atoms with van der Waals surface area (Å²) in [4.78, 5) is 22.0. The van der Waals surface area contributed by atoms with E-state index in [1.807, 2.05) is 0 Å². The standard InChI is InChI=1S/C32H62O4S/c1-2-3-4-5-6-7-8-9-10-11-12-13-14-15-16-17-18-19-20-21-22-23-24-25-28-36-32(35)27-30-37-29-26-31(33)34/h2-30H2,1H3,(H,33,34). The van der Waals surface area contributed by atoms with Crippen LogP contribution in [0.5, 0.6) is 0 Å². The summed E-state index contributed by atoms with van der Waals surface area (Å²) >= 11 is 1.50. The Morgan fingerprint density at radius 3 is 1.19 bits per heavy atom. The first-order valence-corrected chi connectivity index (χ1v) is 17.3. The van der Waals surface area contributed by atoms with Gasteiger partial charge in [-0.05, 0) is 6.42 Å². The minimum Gasteiger partial charge on any atom is -0.481 e. The molecule has 0 radical (unpaired) electrons. The number of ether oxygens (including phenoxy) is 1. The molecule has 37 heavy (non-hydrogen) atoms. The molecule has 0 aliphatic rings. The van der Waals surface area contributed by atoms with Gasteiger partial charge < -0.3 is 9.84 Å². The number of carboxylic acids is 1. The molecule has 0 fully saturated rings. The average molecular weight is 543 g/mol. The van der Waals surface area contributed by atoms with E-state index in [-0.39, 0.29) is 12.4 Å². The van der Waals surface area contributed by atoms with Gasteiger partial charge in [0.2, 0.25) is 0 Å². The highest BCUT2D eigenvalue weighted by Crippen LogP contribution is 2.15. The monoisotopic (exact) mass is 542 g/mol. The molecule has 0 aromatic heterocycles. The molecule has 1 N–H and O–H groups in total. The van der Waals surface area contributed by atoms with Gasteiger partial charge in [0.25, 0.3) is 0 Å². The molecule has 0 atom stereocenters. The Morgan fingerprint density at radius 1 is 0.514 bits per heavy atom. The van der Waals surface area contributed by atoms with Gasteiger partial charge in [0.15, 0.2) is 0 Å². The first-order chi connectivity index (χ1) is 18.2. The summed E-state index contributed by atoms with van der Waals surface area (Å²) in [6.45, 7) is 2.82. The largest absolute Gasteiger partial charge is 0.481 e. The predicted octanol–water partition coefficient (Wildman–Crippen LogP) is 10.5. The molecule has 0 heterocycles. The van der Waals surface area contributed by atoms with Crippen molar-refractivity contribution in [3.8, 4) is 0 Å². The van der Waals surface area contributed by atoms with Gasteiger partial charge in [0.05, 0.1) is 19.4 Å². The van der Waals surface area contributed by atoms with Crippen molar-refractivity contribution in [3.05, 3.63) is 0 Å². The highest BCUT2D eigenvalue weighted by molar-refractivity contribution is 7.99. The van der Waals surface area contributed by atoms with Gasteiger partial charge in [-0.15, -0.1) is 0 Å². The van der Waals surface area contributed by atoms with Crippen molar-refractivity contribution >= 4 is 23.7 Å². The van der Waals surface area contributed by atoms with Crippen LogP contribution in [0.4, 0.5) is 0 Å². The van der Waals surface area contributed by atoms with Gasteiger partial charge >= 0.3 is 11.9 Å². The lowest BCUT2D eigenvalue weighted by atomic mass is 10.0. The van der Waals surface area contributed by atoms with E-state index < -0.39 is 5.97 Å². The summed E-state index contributed by atoms with van der Waals surface area (Å²) in [6.07, 6.45) is 33.7. The van der Waals surface area contributed by atoms with Crippen molar-refractivity contribution in [2.24, 2.45) is 0 Å². The van der Waals surface area contributed by atoms with Crippen LogP contribution in [0.15, 0.2) is 0 Å². The Kier molecular flexibility index (Phi) is 30.9. The van der Waals surface area contributed by atoms with E-state index in [1.54, 1.807) is 0 Å². The van der Waals surface area contributed by atoms with E-state index in [0.29, 0.717) is 24.5 Å². The molecule has 0 rings (SSSR count). The molecule has 220 valence electrons. The van der Waals surface area contributed by atoms with Gasteiger partial charge in [-0.2, -0.15) is 11.8 Å². The maximum Gasteiger partial charge on any atom is 0.306 e. The number of hydrogen-bond donors (Lipinski definition) is 1. The molecular formula is C32H62O4S. The number of carboxylic acid groups (broad SMARTS) is 1. The second-order valence-electron chi connectivity index (χ2n) is 10.9. The van der Waals surface area contributed by atoms with E-state index in [9.17, 15) is 9.59 Å². The zero-order valence-electron chi connectivity index (χ0n) is 24.6. The van der Waals surface area contributed by atoms with Crippen LogP contribution < -0.4 is 0 Å². The smallest absolute Gasteiger partial charge is 0.306 e. The Bertz CT molecular complexity index is 483. The van der Waals surface area contributed by atoms with E-state index in [2.05, 4.69) is 6.92 Å². The second kappa shape index (κ2) is 31.5. The van der Waals surface area contributed by atoms with E-state index in [0.717, 1.165) is 12.8 Å². The second-order valence-corrected chi connectivity index (χ2v) is 12.1. The summed E-state index contributed by atoms with van der Waals surface area (Å²) in [7, 11) is 0. The fraction of sp³-hybridized carbons (Fsp3) is 0.938. The molecule has 0 saturated carbocycles. The molecule has 0 aliphatic heterocycles. The molecule has 0 saturated heterocycles. The van der Waals surface area contributed by atoms with Crippen molar-refractivity contribution in [2.45, 2.75) is 174 Å². The van der Waals surface area contributed by atoms with Gasteiger partial charge in [-0.3, -0.25) is 9.59 Å². The zero-order chi connectivity index (χ0) is 27.1. The van der Waals surface area contributed by atoms with Crippen molar-refractivity contribution in [1.82, 2.24) is 0 Å². The quantitative estimate of drug-likeness (QED) is 0.0697. The molecule has 5 heteroatoms. The third-order valence-electron chi connectivity index (χ3n) is 7.17. The number of unbranched alkanes of at least 4 members (excludes halogenated alkanes) is 23. The molecule has 4 nitrogen and oxygen atoms in total. The van der Waals surface area contributed by atoms with Crippen molar-refractivity contribution in [3.63, 3.8) is 0 Å². The van der Waals surface area contributed by atoms with Crippen molar-refractivity contribution in [2.75, 3.05) is 18.1 Å². The summed E-state index contributed by atoms with van der Waals surface area (Å²) < 4.78 is 5.25. The SMILES string of the molecule is CCCCCCCCCCCCCCCCCCCCCCCCCCOC(=O)CCSCCC(=O)O. The maximum absolute atomic E-state index is 11.6. The van der Waals surface area contributed by atoms with E-state index in [1.165, 1.54) is 153 Å². The third-order valence-corrected chi connectivity index (χ3v) is 8.16. The zero-order valence-corrected chi connectivity index (χ0v) is 25.4. The molecule has 0 spiro atoms. The Labute approximate surface area is 234 Å². The predicted molar refractivity (Wildman–Crippen MR) is 162 cm³/mol. The van der Waals surface area contributed by atoms with Gasteiger partial charge in [-0.1, -0.05) is 155 Å². The molecule has 0 bridgehead atoms. The maximum atomic E-state index is 11.6. The van der Waals surface area contributed by atoms with Gasteiger partial charge in [0.1, 0.15) is 0 Å². The van der Waals surface area contributed by atoms with Crippen LogP contribution in [0, 0.1) is 0 Å². The average Bonchev–Trinajstić information content (AvgIpc) is 2.88. The summed E-state index contributed by atoms with van der Waals surface area (Å²) in [6, 6.07) is 0. The fourth-order valence-corrected chi connectivity index (χ4v) is 5.57. The number of aliphatic carboxylic acids is 1. The van der Waals surface area contributed by atoms with Crippen molar-refractivity contribution < 1.29 is 19.4 Å². The van der Waals surface area contributed by atoms with E-state index in [4.69, 9.17) is 9.84 Å². The number of thioether (sulfide) groups is 1. The number of rotatable bonds is 31. The Hall–Kier alpha value is -0.710. The summed E-state index contributed by atoms with van der Waals surface area (Å²) in [5, 5.41) is 8.57.